The normalized spacial score (nSPS) is 12.5. The fourth-order valence-corrected chi connectivity index (χ4v) is 0.619. The molecule has 0 aromatic heterocycles. The van der Waals surface area contributed by atoms with E-state index in [0.29, 0.717) is 0 Å². The summed E-state index contributed by atoms with van der Waals surface area (Å²) in [6.45, 7) is 9.59. The summed E-state index contributed by atoms with van der Waals surface area (Å²) in [6, 6.07) is 0. The van der Waals surface area contributed by atoms with E-state index < -0.39 is 0 Å². The highest BCUT2D eigenvalue weighted by atomic mass is 16.5. The Morgan fingerprint density at radius 2 is 2.09 bits per heavy atom. The van der Waals surface area contributed by atoms with Crippen molar-refractivity contribution in [3.63, 3.8) is 0 Å². The highest BCUT2D eigenvalue weighted by Gasteiger charge is 1.93. The van der Waals surface area contributed by atoms with Gasteiger partial charge in [0.15, 0.2) is 0 Å². The van der Waals surface area contributed by atoms with E-state index in [1.165, 1.54) is 0 Å². The molecule has 0 saturated carbocycles. The summed E-state index contributed by atoms with van der Waals surface area (Å²) in [5.74, 6) is 0.818. The molecule has 1 nitrogen and oxygen atoms in total. The smallest absolute Gasteiger partial charge is 0.119 e. The minimum Gasteiger partial charge on any atom is -0.491 e. The maximum absolute atomic E-state index is 5.39. The van der Waals surface area contributed by atoms with Crippen LogP contribution in [0.2, 0.25) is 0 Å². The van der Waals surface area contributed by atoms with E-state index in [2.05, 4.69) is 6.58 Å². The monoisotopic (exact) mass is 152 g/mol. The first-order valence-corrected chi connectivity index (χ1v) is 3.82. The van der Waals surface area contributed by atoms with Crippen LogP contribution in [0.1, 0.15) is 20.8 Å². The zero-order valence-corrected chi connectivity index (χ0v) is 7.50. The average molecular weight is 152 g/mol. The van der Waals surface area contributed by atoms with E-state index in [0.717, 1.165) is 5.76 Å². The summed E-state index contributed by atoms with van der Waals surface area (Å²) >= 11 is 0. The van der Waals surface area contributed by atoms with Gasteiger partial charge in [-0.3, -0.25) is 0 Å². The summed E-state index contributed by atoms with van der Waals surface area (Å²) in [6.07, 6.45) is 7.70. The number of ether oxygens (including phenoxy) is 1. The van der Waals surface area contributed by atoms with Gasteiger partial charge in [-0.05, 0) is 32.9 Å². The van der Waals surface area contributed by atoms with E-state index >= 15 is 0 Å². The molecule has 62 valence electrons. The summed E-state index contributed by atoms with van der Waals surface area (Å²) < 4.78 is 5.39. The van der Waals surface area contributed by atoms with Gasteiger partial charge in [0, 0.05) is 0 Å². The van der Waals surface area contributed by atoms with Crippen LogP contribution in [0.15, 0.2) is 36.6 Å². The van der Waals surface area contributed by atoms with Gasteiger partial charge in [-0.15, -0.1) is 0 Å². The van der Waals surface area contributed by atoms with Crippen LogP contribution < -0.4 is 0 Å². The molecule has 0 rings (SSSR count). The lowest BCUT2D eigenvalue weighted by Crippen LogP contribution is -1.99. The van der Waals surface area contributed by atoms with Crippen LogP contribution in [0.4, 0.5) is 0 Å². The van der Waals surface area contributed by atoms with Gasteiger partial charge in [0.2, 0.25) is 0 Å². The summed E-state index contributed by atoms with van der Waals surface area (Å²) in [5, 5.41) is 0. The third-order valence-corrected chi connectivity index (χ3v) is 1.03. The fraction of sp³-hybridized carbons (Fsp3) is 0.400. The Labute approximate surface area is 69.1 Å². The van der Waals surface area contributed by atoms with Crippen molar-refractivity contribution >= 4 is 0 Å². The Morgan fingerprint density at radius 3 is 2.45 bits per heavy atom. The van der Waals surface area contributed by atoms with Crippen LogP contribution in [0.5, 0.6) is 0 Å². The molecule has 0 fully saturated rings. The SMILES string of the molecule is C=C/C(=C\C=C\C)OC(C)C. The van der Waals surface area contributed by atoms with E-state index in [1.807, 2.05) is 39.0 Å². The molecular formula is C10H16O. The molecule has 0 aliphatic rings. The average Bonchev–Trinajstić information content (AvgIpc) is 1.97. The maximum Gasteiger partial charge on any atom is 0.119 e. The van der Waals surface area contributed by atoms with Gasteiger partial charge in [0.1, 0.15) is 5.76 Å². The van der Waals surface area contributed by atoms with Crippen molar-refractivity contribution in [1.82, 2.24) is 0 Å². The van der Waals surface area contributed by atoms with Crippen molar-refractivity contribution in [3.05, 3.63) is 36.6 Å². The quantitative estimate of drug-likeness (QED) is 0.444. The third kappa shape index (κ3) is 5.46. The third-order valence-electron chi connectivity index (χ3n) is 1.03. The van der Waals surface area contributed by atoms with Gasteiger partial charge in [-0.1, -0.05) is 18.7 Å². The molecule has 0 spiro atoms. The topological polar surface area (TPSA) is 9.23 Å². The Bertz CT molecular complexity index is 164. The molecular weight excluding hydrogens is 136 g/mol. The van der Waals surface area contributed by atoms with Crippen molar-refractivity contribution < 1.29 is 4.74 Å². The first-order chi connectivity index (χ1) is 5.20. The maximum atomic E-state index is 5.39. The minimum absolute atomic E-state index is 0.213. The zero-order chi connectivity index (χ0) is 8.69. The molecule has 1 heteroatoms. The Kier molecular flexibility index (Phi) is 5.26. The van der Waals surface area contributed by atoms with E-state index in [1.54, 1.807) is 6.08 Å². The fourth-order valence-electron chi connectivity index (χ4n) is 0.619. The van der Waals surface area contributed by atoms with Gasteiger partial charge in [-0.25, -0.2) is 0 Å². The summed E-state index contributed by atoms with van der Waals surface area (Å²) in [4.78, 5) is 0. The number of rotatable bonds is 4. The van der Waals surface area contributed by atoms with Crippen LogP contribution in [-0.2, 0) is 4.74 Å². The molecule has 0 N–H and O–H groups in total. The lowest BCUT2D eigenvalue weighted by Gasteiger charge is -2.08. The summed E-state index contributed by atoms with van der Waals surface area (Å²) in [5.41, 5.74) is 0. The molecule has 0 aliphatic heterocycles. The largest absolute Gasteiger partial charge is 0.491 e. The second-order valence-corrected chi connectivity index (χ2v) is 2.47. The Morgan fingerprint density at radius 1 is 1.45 bits per heavy atom. The molecule has 0 radical (unpaired) electrons. The zero-order valence-electron chi connectivity index (χ0n) is 7.50. The van der Waals surface area contributed by atoms with E-state index in [-0.39, 0.29) is 6.10 Å². The molecule has 0 heterocycles. The van der Waals surface area contributed by atoms with Crippen LogP contribution >= 0.6 is 0 Å². The number of allylic oxidation sites excluding steroid dienone is 4. The predicted octanol–water partition coefficient (Wildman–Crippen LogP) is 3.06. The molecule has 11 heavy (non-hydrogen) atoms. The van der Waals surface area contributed by atoms with Crippen LogP contribution in [0.3, 0.4) is 0 Å². The highest BCUT2D eigenvalue weighted by Crippen LogP contribution is 2.02. The van der Waals surface area contributed by atoms with Crippen molar-refractivity contribution in [1.29, 1.82) is 0 Å². The number of hydrogen-bond acceptors (Lipinski definition) is 1. The molecule has 0 amide bonds. The van der Waals surface area contributed by atoms with Crippen molar-refractivity contribution in [2.45, 2.75) is 26.9 Å². The van der Waals surface area contributed by atoms with Crippen molar-refractivity contribution in [2.75, 3.05) is 0 Å². The van der Waals surface area contributed by atoms with Crippen molar-refractivity contribution in [3.8, 4) is 0 Å². The van der Waals surface area contributed by atoms with Gasteiger partial charge in [-0.2, -0.15) is 0 Å². The van der Waals surface area contributed by atoms with Gasteiger partial charge in [0.25, 0.3) is 0 Å². The number of hydrogen-bond donors (Lipinski definition) is 0. The molecule has 0 bridgehead atoms. The predicted molar refractivity (Wildman–Crippen MR) is 49.3 cm³/mol. The lowest BCUT2D eigenvalue weighted by atomic mass is 10.4. The minimum atomic E-state index is 0.213. The van der Waals surface area contributed by atoms with Gasteiger partial charge < -0.3 is 4.74 Å². The standard InChI is InChI=1S/C10H16O/c1-5-7-8-10(6-2)11-9(3)4/h5-9H,2H2,1,3-4H3/b7-5+,10-8+. The second-order valence-electron chi connectivity index (χ2n) is 2.47. The molecule has 0 atom stereocenters. The second kappa shape index (κ2) is 5.78. The van der Waals surface area contributed by atoms with E-state index in [4.69, 9.17) is 4.74 Å². The van der Waals surface area contributed by atoms with Gasteiger partial charge in [0.05, 0.1) is 6.10 Å². The molecule has 0 unspecified atom stereocenters. The van der Waals surface area contributed by atoms with Crippen LogP contribution in [0, 0.1) is 0 Å². The first kappa shape index (κ1) is 10.0. The Hall–Kier alpha value is -0.980. The van der Waals surface area contributed by atoms with Crippen molar-refractivity contribution in [2.24, 2.45) is 0 Å². The van der Waals surface area contributed by atoms with E-state index in [9.17, 15) is 0 Å². The lowest BCUT2D eigenvalue weighted by molar-refractivity contribution is 0.158. The van der Waals surface area contributed by atoms with Gasteiger partial charge >= 0.3 is 0 Å². The summed E-state index contributed by atoms with van der Waals surface area (Å²) in [7, 11) is 0. The molecule has 0 aromatic carbocycles. The first-order valence-electron chi connectivity index (χ1n) is 3.82. The van der Waals surface area contributed by atoms with Crippen LogP contribution in [0.25, 0.3) is 0 Å². The molecule has 0 saturated heterocycles. The molecule has 0 aromatic rings. The molecule has 0 aliphatic carbocycles. The van der Waals surface area contributed by atoms with Crippen LogP contribution in [-0.4, -0.2) is 6.10 Å². The Balaban J connectivity index is 4.04. The highest BCUT2D eigenvalue weighted by molar-refractivity contribution is 5.16.